The van der Waals surface area contributed by atoms with Gasteiger partial charge in [-0.1, -0.05) is 48.2 Å². The van der Waals surface area contributed by atoms with E-state index in [0.717, 1.165) is 16.7 Å². The van der Waals surface area contributed by atoms with Crippen molar-refractivity contribution in [3.63, 3.8) is 0 Å². The van der Waals surface area contributed by atoms with Crippen LogP contribution in [0.2, 0.25) is 0 Å². The van der Waals surface area contributed by atoms with Crippen LogP contribution in [0.4, 0.5) is 0 Å². The Morgan fingerprint density at radius 2 is 1.92 bits per heavy atom. The average molecular weight is 369 g/mol. The lowest BCUT2D eigenvalue weighted by molar-refractivity contribution is -0.118. The lowest BCUT2D eigenvalue weighted by Gasteiger charge is -2.07. The molecular formula is C19H19N3O3S. The minimum absolute atomic E-state index is 0.0877. The number of para-hydroxylation sites is 1. The molecule has 0 saturated heterocycles. The Hall–Kier alpha value is -2.80. The van der Waals surface area contributed by atoms with Crippen molar-refractivity contribution in [3.8, 4) is 17.2 Å². The van der Waals surface area contributed by atoms with Crippen LogP contribution in [0.3, 0.4) is 0 Å². The van der Waals surface area contributed by atoms with Crippen LogP contribution >= 0.6 is 11.8 Å². The highest BCUT2D eigenvalue weighted by Gasteiger charge is 2.14. The first-order chi connectivity index (χ1) is 12.7. The van der Waals surface area contributed by atoms with Crippen LogP contribution in [0.1, 0.15) is 11.1 Å². The lowest BCUT2D eigenvalue weighted by Crippen LogP contribution is -2.24. The van der Waals surface area contributed by atoms with Gasteiger partial charge in [0.05, 0.1) is 18.4 Å². The van der Waals surface area contributed by atoms with Crippen molar-refractivity contribution in [2.75, 3.05) is 12.9 Å². The Morgan fingerprint density at radius 1 is 1.15 bits per heavy atom. The molecule has 0 atom stereocenters. The predicted octanol–water partition coefficient (Wildman–Crippen LogP) is 3.46. The molecule has 0 fully saturated rings. The van der Waals surface area contributed by atoms with Gasteiger partial charge in [0, 0.05) is 6.54 Å². The number of nitrogens with zero attached hydrogens (tertiary/aromatic N) is 2. The summed E-state index contributed by atoms with van der Waals surface area (Å²) in [6.45, 7) is 2.52. The van der Waals surface area contributed by atoms with Crippen LogP contribution in [0, 0.1) is 6.92 Å². The number of benzene rings is 2. The first-order valence-corrected chi connectivity index (χ1v) is 9.07. The smallest absolute Gasteiger partial charge is 0.277 e. The molecule has 0 unspecified atom stereocenters. The number of ether oxygens (including phenoxy) is 1. The molecule has 7 heteroatoms. The summed E-state index contributed by atoms with van der Waals surface area (Å²) in [4.78, 5) is 12.0. The summed E-state index contributed by atoms with van der Waals surface area (Å²) in [6, 6.07) is 15.4. The molecule has 0 aliphatic heterocycles. The third kappa shape index (κ3) is 4.43. The molecule has 1 N–H and O–H groups in total. The fourth-order valence-electron chi connectivity index (χ4n) is 2.38. The summed E-state index contributed by atoms with van der Waals surface area (Å²) in [5.41, 5.74) is 2.97. The third-order valence-corrected chi connectivity index (χ3v) is 4.63. The topological polar surface area (TPSA) is 77.2 Å². The second kappa shape index (κ2) is 8.53. The van der Waals surface area contributed by atoms with Crippen molar-refractivity contribution >= 4 is 17.7 Å². The predicted molar refractivity (Wildman–Crippen MR) is 100 cm³/mol. The molecule has 0 saturated carbocycles. The van der Waals surface area contributed by atoms with Crippen molar-refractivity contribution < 1.29 is 13.9 Å². The number of aromatic nitrogens is 2. The highest BCUT2D eigenvalue weighted by Crippen LogP contribution is 2.30. The van der Waals surface area contributed by atoms with Crippen LogP contribution in [0.15, 0.2) is 58.2 Å². The first kappa shape index (κ1) is 18.0. The molecule has 3 rings (SSSR count). The molecule has 26 heavy (non-hydrogen) atoms. The Balaban J connectivity index is 1.55. The lowest BCUT2D eigenvalue weighted by atomic mass is 10.1. The third-order valence-electron chi connectivity index (χ3n) is 3.81. The Bertz CT molecular complexity index is 895. The number of methoxy groups -OCH3 is 1. The Morgan fingerprint density at radius 3 is 2.73 bits per heavy atom. The number of aryl methyl sites for hydroxylation is 1. The molecule has 0 spiro atoms. The van der Waals surface area contributed by atoms with Gasteiger partial charge in [0.15, 0.2) is 0 Å². The maximum Gasteiger partial charge on any atom is 0.277 e. The molecule has 3 aromatic rings. The second-order valence-electron chi connectivity index (χ2n) is 5.57. The van der Waals surface area contributed by atoms with Gasteiger partial charge >= 0.3 is 0 Å². The van der Waals surface area contributed by atoms with Crippen molar-refractivity contribution in [2.45, 2.75) is 18.7 Å². The van der Waals surface area contributed by atoms with Gasteiger partial charge < -0.3 is 14.5 Å². The minimum atomic E-state index is -0.0877. The zero-order valence-electron chi connectivity index (χ0n) is 14.6. The van der Waals surface area contributed by atoms with E-state index < -0.39 is 0 Å². The summed E-state index contributed by atoms with van der Waals surface area (Å²) in [6.07, 6.45) is 0. The summed E-state index contributed by atoms with van der Waals surface area (Å²) < 4.78 is 10.9. The van der Waals surface area contributed by atoms with E-state index in [1.165, 1.54) is 11.8 Å². The van der Waals surface area contributed by atoms with E-state index in [4.69, 9.17) is 9.15 Å². The zero-order chi connectivity index (χ0) is 18.4. The normalized spacial score (nSPS) is 10.5. The van der Waals surface area contributed by atoms with Gasteiger partial charge in [-0.05, 0) is 30.2 Å². The van der Waals surface area contributed by atoms with Crippen LogP contribution in [-0.2, 0) is 11.3 Å². The minimum Gasteiger partial charge on any atom is -0.496 e. The van der Waals surface area contributed by atoms with Gasteiger partial charge in [0.1, 0.15) is 5.75 Å². The SMILES string of the molecule is COc1ccccc1-c1nnc(SCC(=O)NCc2ccccc2C)o1. The molecule has 0 aliphatic carbocycles. The number of amides is 1. The van der Waals surface area contributed by atoms with Gasteiger partial charge in [0.2, 0.25) is 5.91 Å². The van der Waals surface area contributed by atoms with Gasteiger partial charge in [-0.25, -0.2) is 0 Å². The van der Waals surface area contributed by atoms with Crippen molar-refractivity contribution in [1.29, 1.82) is 0 Å². The molecule has 0 aliphatic rings. The van der Waals surface area contributed by atoms with Crippen LogP contribution in [0.5, 0.6) is 5.75 Å². The molecule has 2 aromatic carbocycles. The van der Waals surface area contributed by atoms with Crippen molar-refractivity contribution in [2.24, 2.45) is 0 Å². The monoisotopic (exact) mass is 369 g/mol. The van der Waals surface area contributed by atoms with Crippen LogP contribution < -0.4 is 10.1 Å². The van der Waals surface area contributed by atoms with E-state index in [-0.39, 0.29) is 11.7 Å². The number of hydrogen-bond donors (Lipinski definition) is 1. The summed E-state index contributed by atoms with van der Waals surface area (Å²) in [7, 11) is 1.59. The highest BCUT2D eigenvalue weighted by atomic mass is 32.2. The van der Waals surface area contributed by atoms with E-state index in [1.807, 2.05) is 55.5 Å². The number of nitrogens with one attached hydrogen (secondary N) is 1. The molecule has 6 nitrogen and oxygen atoms in total. The molecule has 0 radical (unpaired) electrons. The molecule has 0 bridgehead atoms. The fourth-order valence-corrected chi connectivity index (χ4v) is 2.97. The molecule has 1 aromatic heterocycles. The van der Waals surface area contributed by atoms with Crippen molar-refractivity contribution in [1.82, 2.24) is 15.5 Å². The van der Waals surface area contributed by atoms with Gasteiger partial charge in [-0.15, -0.1) is 10.2 Å². The highest BCUT2D eigenvalue weighted by molar-refractivity contribution is 7.99. The molecular weight excluding hydrogens is 350 g/mol. The number of hydrogen-bond acceptors (Lipinski definition) is 6. The largest absolute Gasteiger partial charge is 0.496 e. The maximum atomic E-state index is 12.0. The van der Waals surface area contributed by atoms with Gasteiger partial charge in [-0.3, -0.25) is 4.79 Å². The average Bonchev–Trinajstić information content (AvgIpc) is 3.14. The summed E-state index contributed by atoms with van der Waals surface area (Å²) >= 11 is 1.20. The van der Waals surface area contributed by atoms with Gasteiger partial charge in [0.25, 0.3) is 11.1 Å². The number of carbonyl (C=O) groups is 1. The molecule has 1 heterocycles. The van der Waals surface area contributed by atoms with Crippen LogP contribution in [0.25, 0.3) is 11.5 Å². The van der Waals surface area contributed by atoms with E-state index in [9.17, 15) is 4.79 Å². The van der Waals surface area contributed by atoms with E-state index in [0.29, 0.717) is 23.4 Å². The number of carbonyl (C=O) groups excluding carboxylic acids is 1. The van der Waals surface area contributed by atoms with E-state index in [1.54, 1.807) is 7.11 Å². The second-order valence-corrected chi connectivity index (χ2v) is 6.49. The number of thioether (sulfide) groups is 1. The number of rotatable bonds is 7. The van der Waals surface area contributed by atoms with E-state index in [2.05, 4.69) is 15.5 Å². The molecule has 134 valence electrons. The quantitative estimate of drug-likeness (QED) is 0.643. The zero-order valence-corrected chi connectivity index (χ0v) is 15.4. The van der Waals surface area contributed by atoms with E-state index >= 15 is 0 Å². The fraction of sp³-hybridized carbons (Fsp3) is 0.211. The summed E-state index contributed by atoms with van der Waals surface area (Å²) in [5, 5.41) is 11.3. The maximum absolute atomic E-state index is 12.0. The first-order valence-electron chi connectivity index (χ1n) is 8.08. The van der Waals surface area contributed by atoms with Crippen molar-refractivity contribution in [3.05, 3.63) is 59.7 Å². The van der Waals surface area contributed by atoms with Gasteiger partial charge in [-0.2, -0.15) is 0 Å². The Kier molecular flexibility index (Phi) is 5.91. The standard InChI is InChI=1S/C19H19N3O3S/c1-13-7-3-4-8-14(13)11-20-17(23)12-26-19-22-21-18(25-19)15-9-5-6-10-16(15)24-2/h3-10H,11-12H2,1-2H3,(H,20,23). The van der Waals surface area contributed by atoms with Crippen LogP contribution in [-0.4, -0.2) is 29.0 Å². The Labute approximate surface area is 156 Å². The molecule has 1 amide bonds. The summed E-state index contributed by atoms with van der Waals surface area (Å²) in [5.74, 6) is 1.14.